The molecule has 0 amide bonds. The molecule has 0 radical (unpaired) electrons. The van der Waals surface area contributed by atoms with Crippen molar-refractivity contribution in [1.82, 2.24) is 14.8 Å². The van der Waals surface area contributed by atoms with Gasteiger partial charge in [-0.3, -0.25) is 4.57 Å². The summed E-state index contributed by atoms with van der Waals surface area (Å²) >= 11 is 1.58. The Hall–Kier alpha value is -0.750. The van der Waals surface area contributed by atoms with Gasteiger partial charge in [0, 0.05) is 19.4 Å². The summed E-state index contributed by atoms with van der Waals surface area (Å²) in [5.74, 6) is 0.962. The lowest BCUT2D eigenvalue weighted by molar-refractivity contribution is 0.283. The second-order valence-electron chi connectivity index (χ2n) is 3.36. The number of nitrogens with one attached hydrogen (secondary N) is 1. The minimum Gasteiger partial charge on any atom is -0.396 e. The first-order chi connectivity index (χ1) is 7.25. The van der Waals surface area contributed by atoms with Crippen LogP contribution in [0.1, 0.15) is 25.7 Å². The third-order valence-electron chi connectivity index (χ3n) is 2.12. The van der Waals surface area contributed by atoms with Crippen molar-refractivity contribution in [3.05, 3.63) is 10.5 Å². The number of H-pyrrole nitrogens is 1. The maximum absolute atomic E-state index is 11.0. The Balaban J connectivity index is 2.15. The zero-order chi connectivity index (χ0) is 11.1. The molecule has 0 bridgehead atoms. The standard InChI is InChI=1S/C9H17N3O2S/c1-12-8(14)10-11-9(12)15-7-5-3-2-4-6-13/h13H,2-7H2,1H3,(H,10,14). The Morgan fingerprint density at radius 2 is 2.13 bits per heavy atom. The lowest BCUT2D eigenvalue weighted by Gasteiger charge is -1.99. The summed E-state index contributed by atoms with van der Waals surface area (Å²) in [5, 5.41) is 15.6. The molecule has 0 spiro atoms. The van der Waals surface area contributed by atoms with Crippen LogP contribution >= 0.6 is 11.8 Å². The Bertz CT molecular complexity index is 334. The first-order valence-electron chi connectivity index (χ1n) is 5.10. The topological polar surface area (TPSA) is 70.9 Å². The Kier molecular flexibility index (Phi) is 5.49. The Morgan fingerprint density at radius 1 is 1.40 bits per heavy atom. The molecule has 1 rings (SSSR count). The van der Waals surface area contributed by atoms with Gasteiger partial charge in [-0.2, -0.15) is 0 Å². The predicted molar refractivity (Wildman–Crippen MR) is 60.1 cm³/mol. The van der Waals surface area contributed by atoms with E-state index in [4.69, 9.17) is 5.11 Å². The molecule has 0 aliphatic carbocycles. The molecule has 5 nitrogen and oxygen atoms in total. The molecule has 1 aromatic heterocycles. The summed E-state index contributed by atoms with van der Waals surface area (Å²) in [7, 11) is 1.71. The van der Waals surface area contributed by atoms with E-state index in [1.165, 1.54) is 4.57 Å². The van der Waals surface area contributed by atoms with Crippen molar-refractivity contribution >= 4 is 11.8 Å². The lowest BCUT2D eigenvalue weighted by atomic mass is 10.2. The van der Waals surface area contributed by atoms with Crippen molar-refractivity contribution in [1.29, 1.82) is 0 Å². The molecular weight excluding hydrogens is 214 g/mol. The number of rotatable bonds is 7. The smallest absolute Gasteiger partial charge is 0.343 e. The number of hydrogen-bond acceptors (Lipinski definition) is 4. The van der Waals surface area contributed by atoms with E-state index in [0.717, 1.165) is 36.6 Å². The highest BCUT2D eigenvalue weighted by Crippen LogP contribution is 2.14. The van der Waals surface area contributed by atoms with E-state index in [-0.39, 0.29) is 12.3 Å². The van der Waals surface area contributed by atoms with Crippen molar-refractivity contribution in [3.63, 3.8) is 0 Å². The largest absolute Gasteiger partial charge is 0.396 e. The maximum atomic E-state index is 11.0. The fourth-order valence-corrected chi connectivity index (χ4v) is 2.11. The summed E-state index contributed by atoms with van der Waals surface area (Å²) in [6, 6.07) is 0. The van der Waals surface area contributed by atoms with Crippen molar-refractivity contribution in [2.24, 2.45) is 7.05 Å². The second-order valence-corrected chi connectivity index (χ2v) is 4.42. The van der Waals surface area contributed by atoms with Gasteiger partial charge in [0.25, 0.3) is 0 Å². The summed E-state index contributed by atoms with van der Waals surface area (Å²) in [5.41, 5.74) is -0.169. The van der Waals surface area contributed by atoms with E-state index >= 15 is 0 Å². The second kappa shape index (κ2) is 6.68. The van der Waals surface area contributed by atoms with Crippen LogP contribution in [0.15, 0.2) is 9.95 Å². The van der Waals surface area contributed by atoms with Gasteiger partial charge >= 0.3 is 5.69 Å². The van der Waals surface area contributed by atoms with E-state index in [1.807, 2.05) is 0 Å². The third kappa shape index (κ3) is 4.09. The van der Waals surface area contributed by atoms with Crippen LogP contribution in [-0.2, 0) is 7.05 Å². The quantitative estimate of drug-likeness (QED) is 0.536. The monoisotopic (exact) mass is 231 g/mol. The highest BCUT2D eigenvalue weighted by Gasteiger charge is 2.03. The van der Waals surface area contributed by atoms with E-state index in [1.54, 1.807) is 18.8 Å². The SMILES string of the molecule is Cn1c(SCCCCCCO)n[nH]c1=O. The van der Waals surface area contributed by atoms with Gasteiger partial charge in [0.1, 0.15) is 0 Å². The number of unbranched alkanes of at least 4 members (excludes halogenated alkanes) is 3. The molecule has 86 valence electrons. The number of aromatic amines is 1. The molecule has 0 unspecified atom stereocenters. The number of thioether (sulfide) groups is 1. The van der Waals surface area contributed by atoms with Gasteiger partial charge in [0.15, 0.2) is 5.16 Å². The van der Waals surface area contributed by atoms with Crippen LogP contribution in [0.25, 0.3) is 0 Å². The van der Waals surface area contributed by atoms with E-state index in [9.17, 15) is 4.79 Å². The molecule has 0 fully saturated rings. The molecular formula is C9H17N3O2S. The Labute approximate surface area is 92.9 Å². The number of aliphatic hydroxyl groups is 1. The minimum absolute atomic E-state index is 0.169. The summed E-state index contributed by atoms with van der Waals surface area (Å²) in [6.07, 6.45) is 4.15. The summed E-state index contributed by atoms with van der Waals surface area (Å²) in [4.78, 5) is 11.0. The van der Waals surface area contributed by atoms with Crippen LogP contribution in [0, 0.1) is 0 Å². The summed E-state index contributed by atoms with van der Waals surface area (Å²) < 4.78 is 1.51. The molecule has 0 atom stereocenters. The van der Waals surface area contributed by atoms with E-state index in [0.29, 0.717) is 0 Å². The van der Waals surface area contributed by atoms with Gasteiger partial charge in [0.05, 0.1) is 0 Å². The molecule has 1 heterocycles. The van der Waals surface area contributed by atoms with Crippen LogP contribution in [0.4, 0.5) is 0 Å². The van der Waals surface area contributed by atoms with Crippen molar-refractivity contribution < 1.29 is 5.11 Å². The normalized spacial score (nSPS) is 10.8. The number of nitrogens with zero attached hydrogens (tertiary/aromatic N) is 2. The van der Waals surface area contributed by atoms with Crippen LogP contribution in [0.2, 0.25) is 0 Å². The highest BCUT2D eigenvalue weighted by atomic mass is 32.2. The van der Waals surface area contributed by atoms with Crippen LogP contribution in [0.5, 0.6) is 0 Å². The molecule has 1 aromatic rings. The summed E-state index contributed by atoms with van der Waals surface area (Å²) in [6.45, 7) is 0.279. The first-order valence-corrected chi connectivity index (χ1v) is 6.09. The highest BCUT2D eigenvalue weighted by molar-refractivity contribution is 7.99. The number of hydrogen-bond donors (Lipinski definition) is 2. The predicted octanol–water partition coefficient (Wildman–Crippen LogP) is 0.753. The van der Waals surface area contributed by atoms with Crippen LogP contribution < -0.4 is 5.69 Å². The van der Waals surface area contributed by atoms with Gasteiger partial charge in [-0.15, -0.1) is 5.10 Å². The molecule has 0 aliphatic heterocycles. The van der Waals surface area contributed by atoms with Crippen molar-refractivity contribution in [2.45, 2.75) is 30.8 Å². The fourth-order valence-electron chi connectivity index (χ4n) is 1.19. The van der Waals surface area contributed by atoms with Gasteiger partial charge in [-0.1, -0.05) is 24.6 Å². The van der Waals surface area contributed by atoms with Gasteiger partial charge in [-0.25, -0.2) is 9.89 Å². The van der Waals surface area contributed by atoms with Crippen molar-refractivity contribution in [2.75, 3.05) is 12.4 Å². The molecule has 0 saturated heterocycles. The zero-order valence-electron chi connectivity index (χ0n) is 8.90. The molecule has 0 saturated carbocycles. The molecule has 2 N–H and O–H groups in total. The third-order valence-corrected chi connectivity index (χ3v) is 3.24. The Morgan fingerprint density at radius 3 is 2.73 bits per heavy atom. The lowest BCUT2D eigenvalue weighted by Crippen LogP contribution is -2.12. The number of aromatic nitrogens is 3. The van der Waals surface area contributed by atoms with Gasteiger partial charge < -0.3 is 5.11 Å². The van der Waals surface area contributed by atoms with Crippen LogP contribution in [0.3, 0.4) is 0 Å². The maximum Gasteiger partial charge on any atom is 0.343 e. The fraction of sp³-hybridized carbons (Fsp3) is 0.778. The van der Waals surface area contributed by atoms with Gasteiger partial charge in [0.2, 0.25) is 0 Å². The first kappa shape index (κ1) is 12.3. The van der Waals surface area contributed by atoms with Crippen molar-refractivity contribution in [3.8, 4) is 0 Å². The van der Waals surface area contributed by atoms with Crippen LogP contribution in [-0.4, -0.2) is 32.2 Å². The molecule has 15 heavy (non-hydrogen) atoms. The minimum atomic E-state index is -0.169. The zero-order valence-corrected chi connectivity index (χ0v) is 9.72. The average Bonchev–Trinajstić information content (AvgIpc) is 2.54. The number of aliphatic hydroxyl groups excluding tert-OH is 1. The molecule has 0 aliphatic rings. The van der Waals surface area contributed by atoms with E-state index in [2.05, 4.69) is 10.2 Å². The average molecular weight is 231 g/mol. The molecule has 0 aromatic carbocycles. The molecule has 6 heteroatoms. The van der Waals surface area contributed by atoms with E-state index < -0.39 is 0 Å². The van der Waals surface area contributed by atoms with Gasteiger partial charge in [-0.05, 0) is 12.8 Å².